The fraction of sp³-hybridized carbons (Fsp3) is 0.360. The third-order valence-electron chi connectivity index (χ3n) is 6.06. The van der Waals surface area contributed by atoms with Gasteiger partial charge in [-0.05, 0) is 79.7 Å². The Balaban J connectivity index is 1.60. The van der Waals surface area contributed by atoms with E-state index >= 15 is 0 Å². The minimum atomic E-state index is -0.0375. The molecular weight excluding hydrogens is 390 g/mol. The van der Waals surface area contributed by atoms with Crippen LogP contribution >= 0.6 is 12.2 Å². The average molecular weight is 420 g/mol. The smallest absolute Gasteiger partial charge is 0.253 e. The highest BCUT2D eigenvalue weighted by molar-refractivity contribution is 7.80. The molecular formula is C25H29N3OS. The number of anilines is 1. The van der Waals surface area contributed by atoms with E-state index in [1.807, 2.05) is 18.2 Å². The van der Waals surface area contributed by atoms with E-state index in [0.29, 0.717) is 17.7 Å². The second-order valence-electron chi connectivity index (χ2n) is 8.26. The van der Waals surface area contributed by atoms with Gasteiger partial charge in [0.15, 0.2) is 5.11 Å². The number of thiocarbonyl (C=S) groups is 1. The fourth-order valence-corrected chi connectivity index (χ4v) is 4.61. The molecule has 0 unspecified atom stereocenters. The van der Waals surface area contributed by atoms with Crippen LogP contribution in [-0.4, -0.2) is 21.0 Å². The molecule has 1 aliphatic carbocycles. The Labute approximate surface area is 183 Å². The molecule has 1 fully saturated rings. The predicted molar refractivity (Wildman–Crippen MR) is 129 cm³/mol. The van der Waals surface area contributed by atoms with Gasteiger partial charge in [0.2, 0.25) is 0 Å². The lowest BCUT2D eigenvalue weighted by Crippen LogP contribution is -2.42. The standard InChI is InChI=1S/C25H29N3OS/c1-3-18-9-11-21(12-10-18)26-25(30)28(22-6-4-5-7-22)16-20-15-19-14-17(2)8-13-23(19)27-24(20)29/h8-15,22H,3-7,16H2,1-2H3,(H,26,30)(H,27,29). The molecule has 1 aromatic heterocycles. The summed E-state index contributed by atoms with van der Waals surface area (Å²) in [6, 6.07) is 16.9. The molecule has 2 N–H and O–H groups in total. The van der Waals surface area contributed by atoms with Crippen molar-refractivity contribution < 1.29 is 0 Å². The summed E-state index contributed by atoms with van der Waals surface area (Å²) in [5.74, 6) is 0. The fourth-order valence-electron chi connectivity index (χ4n) is 4.27. The van der Waals surface area contributed by atoms with Crippen LogP contribution in [0.3, 0.4) is 0 Å². The van der Waals surface area contributed by atoms with Gasteiger partial charge in [-0.2, -0.15) is 0 Å². The summed E-state index contributed by atoms with van der Waals surface area (Å²) in [6.45, 7) is 4.73. The zero-order chi connectivity index (χ0) is 21.1. The SMILES string of the molecule is CCc1ccc(NC(=S)N(Cc2cc3cc(C)ccc3[nH]c2=O)C2CCCC2)cc1. The van der Waals surface area contributed by atoms with Gasteiger partial charge in [0.05, 0.1) is 6.54 Å². The predicted octanol–water partition coefficient (Wildman–Crippen LogP) is 5.54. The Morgan fingerprint density at radius 3 is 2.57 bits per heavy atom. The maximum Gasteiger partial charge on any atom is 0.253 e. The van der Waals surface area contributed by atoms with E-state index in [2.05, 4.69) is 59.4 Å². The molecule has 0 spiro atoms. The first-order valence-electron chi connectivity index (χ1n) is 10.8. The summed E-state index contributed by atoms with van der Waals surface area (Å²) in [5, 5.41) is 5.15. The number of aryl methyl sites for hydroxylation is 2. The van der Waals surface area contributed by atoms with E-state index in [4.69, 9.17) is 12.2 Å². The van der Waals surface area contributed by atoms with Gasteiger partial charge in [-0.1, -0.05) is 43.5 Å². The summed E-state index contributed by atoms with van der Waals surface area (Å²) in [6.07, 6.45) is 5.66. The zero-order valence-electron chi connectivity index (χ0n) is 17.7. The van der Waals surface area contributed by atoms with Crippen LogP contribution in [0.2, 0.25) is 0 Å². The lowest BCUT2D eigenvalue weighted by atomic mass is 10.1. The van der Waals surface area contributed by atoms with Crippen molar-refractivity contribution in [3.8, 4) is 0 Å². The molecule has 0 bridgehead atoms. The summed E-state index contributed by atoms with van der Waals surface area (Å²) < 4.78 is 0. The first-order chi connectivity index (χ1) is 14.5. The summed E-state index contributed by atoms with van der Waals surface area (Å²) in [4.78, 5) is 18.0. The van der Waals surface area contributed by atoms with Gasteiger partial charge in [0.1, 0.15) is 0 Å². The van der Waals surface area contributed by atoms with E-state index in [1.165, 1.54) is 24.0 Å². The number of rotatable bonds is 5. The third kappa shape index (κ3) is 4.57. The number of hydrogen-bond donors (Lipinski definition) is 2. The minimum absolute atomic E-state index is 0.0375. The molecule has 3 aromatic rings. The van der Waals surface area contributed by atoms with Gasteiger partial charge in [0.25, 0.3) is 5.56 Å². The average Bonchev–Trinajstić information content (AvgIpc) is 3.27. The van der Waals surface area contributed by atoms with Crippen LogP contribution in [0.25, 0.3) is 10.9 Å². The van der Waals surface area contributed by atoms with Gasteiger partial charge in [0, 0.05) is 22.8 Å². The first-order valence-corrected chi connectivity index (χ1v) is 11.2. The Morgan fingerprint density at radius 2 is 1.87 bits per heavy atom. The van der Waals surface area contributed by atoms with Crippen molar-refractivity contribution in [2.75, 3.05) is 5.32 Å². The minimum Gasteiger partial charge on any atom is -0.342 e. The Kier molecular flexibility index (Phi) is 6.18. The quantitative estimate of drug-likeness (QED) is 0.533. The monoisotopic (exact) mass is 419 g/mol. The van der Waals surface area contributed by atoms with Crippen molar-refractivity contribution in [3.63, 3.8) is 0 Å². The number of hydrogen-bond acceptors (Lipinski definition) is 2. The van der Waals surface area contributed by atoms with Crippen molar-refractivity contribution in [3.05, 3.63) is 75.6 Å². The molecule has 0 amide bonds. The van der Waals surface area contributed by atoms with Crippen molar-refractivity contribution in [2.45, 2.75) is 58.5 Å². The number of nitrogens with one attached hydrogen (secondary N) is 2. The molecule has 1 aliphatic rings. The maximum absolute atomic E-state index is 12.8. The largest absolute Gasteiger partial charge is 0.342 e. The highest BCUT2D eigenvalue weighted by Crippen LogP contribution is 2.26. The van der Waals surface area contributed by atoms with Crippen molar-refractivity contribution in [1.29, 1.82) is 0 Å². The molecule has 1 saturated carbocycles. The van der Waals surface area contributed by atoms with E-state index < -0.39 is 0 Å². The number of H-pyrrole nitrogens is 1. The second-order valence-corrected chi connectivity index (χ2v) is 8.65. The van der Waals surface area contributed by atoms with Gasteiger partial charge in [-0.3, -0.25) is 4.79 Å². The van der Waals surface area contributed by atoms with Crippen LogP contribution < -0.4 is 10.9 Å². The van der Waals surface area contributed by atoms with Crippen molar-refractivity contribution in [2.24, 2.45) is 0 Å². The Morgan fingerprint density at radius 1 is 1.13 bits per heavy atom. The van der Waals surface area contributed by atoms with Crippen molar-refractivity contribution in [1.82, 2.24) is 9.88 Å². The molecule has 4 nitrogen and oxygen atoms in total. The van der Waals surface area contributed by atoms with Gasteiger partial charge in [-0.15, -0.1) is 0 Å². The molecule has 0 saturated heterocycles. The highest BCUT2D eigenvalue weighted by Gasteiger charge is 2.25. The number of benzene rings is 2. The molecule has 0 atom stereocenters. The Hall–Kier alpha value is -2.66. The molecule has 156 valence electrons. The summed E-state index contributed by atoms with van der Waals surface area (Å²) in [5.41, 5.74) is 5.06. The van der Waals surface area contributed by atoms with Gasteiger partial charge >= 0.3 is 0 Å². The van der Waals surface area contributed by atoms with Crippen LogP contribution in [0.4, 0.5) is 5.69 Å². The summed E-state index contributed by atoms with van der Waals surface area (Å²) >= 11 is 5.82. The lowest BCUT2D eigenvalue weighted by Gasteiger charge is -2.31. The normalized spacial score (nSPS) is 14.2. The second kappa shape index (κ2) is 9.00. The third-order valence-corrected chi connectivity index (χ3v) is 6.39. The van der Waals surface area contributed by atoms with E-state index in [-0.39, 0.29) is 5.56 Å². The number of nitrogens with zero attached hydrogens (tertiary/aromatic N) is 1. The number of aromatic nitrogens is 1. The highest BCUT2D eigenvalue weighted by atomic mass is 32.1. The van der Waals surface area contributed by atoms with Crippen LogP contribution in [-0.2, 0) is 13.0 Å². The van der Waals surface area contributed by atoms with Gasteiger partial charge in [-0.25, -0.2) is 0 Å². The molecule has 0 aliphatic heterocycles. The molecule has 0 radical (unpaired) electrons. The lowest BCUT2D eigenvalue weighted by molar-refractivity contribution is 0.311. The number of fused-ring (bicyclic) bond motifs is 1. The van der Waals surface area contributed by atoms with E-state index in [9.17, 15) is 4.79 Å². The number of aromatic amines is 1. The van der Waals surface area contributed by atoms with Gasteiger partial charge < -0.3 is 15.2 Å². The number of pyridine rings is 1. The van der Waals surface area contributed by atoms with E-state index in [0.717, 1.165) is 41.4 Å². The summed E-state index contributed by atoms with van der Waals surface area (Å²) in [7, 11) is 0. The van der Waals surface area contributed by atoms with Crippen LogP contribution in [0.15, 0.2) is 53.3 Å². The van der Waals surface area contributed by atoms with Crippen molar-refractivity contribution >= 4 is 33.9 Å². The van der Waals surface area contributed by atoms with Crippen LogP contribution in [0.1, 0.15) is 49.3 Å². The first kappa shape index (κ1) is 20.6. The molecule has 4 rings (SSSR count). The molecule has 2 aromatic carbocycles. The zero-order valence-corrected chi connectivity index (χ0v) is 18.5. The van der Waals surface area contributed by atoms with Crippen LogP contribution in [0, 0.1) is 6.92 Å². The van der Waals surface area contributed by atoms with E-state index in [1.54, 1.807) is 0 Å². The molecule has 1 heterocycles. The topological polar surface area (TPSA) is 48.1 Å². The van der Waals surface area contributed by atoms with Crippen LogP contribution in [0.5, 0.6) is 0 Å². The molecule has 30 heavy (non-hydrogen) atoms. The maximum atomic E-state index is 12.8. The Bertz CT molecular complexity index is 1100. The molecule has 5 heteroatoms.